The van der Waals surface area contributed by atoms with Gasteiger partial charge in [0, 0.05) is 12.8 Å². The number of carboxylic acids is 1. The topological polar surface area (TPSA) is 169 Å². The first kappa shape index (κ1) is 61.9. The van der Waals surface area contributed by atoms with E-state index in [1.165, 1.54) is 109 Å². The minimum absolute atomic E-state index is 0.176. The lowest BCUT2D eigenvalue weighted by atomic mass is 9.99. The van der Waals surface area contributed by atoms with Gasteiger partial charge >= 0.3 is 17.9 Å². The number of esters is 2. The van der Waals surface area contributed by atoms with E-state index in [1.807, 2.05) is 0 Å². The molecule has 1 fully saturated rings. The summed E-state index contributed by atoms with van der Waals surface area (Å²) in [6.07, 6.45) is 48.4. The van der Waals surface area contributed by atoms with E-state index in [9.17, 15) is 34.8 Å². The largest absolute Gasteiger partial charge is 0.479 e. The van der Waals surface area contributed by atoms with Crippen molar-refractivity contribution in [3.63, 3.8) is 0 Å². The van der Waals surface area contributed by atoms with Gasteiger partial charge < -0.3 is 39.4 Å². The van der Waals surface area contributed by atoms with Gasteiger partial charge in [0.15, 0.2) is 18.5 Å². The number of aliphatic hydroxyl groups excluding tert-OH is 3. The summed E-state index contributed by atoms with van der Waals surface area (Å²) in [4.78, 5) is 37.0. The maximum atomic E-state index is 12.8. The van der Waals surface area contributed by atoms with Crippen LogP contribution in [0.25, 0.3) is 0 Å². The molecule has 0 bridgehead atoms. The van der Waals surface area contributed by atoms with E-state index in [0.29, 0.717) is 12.8 Å². The Morgan fingerprint density at radius 2 is 0.881 bits per heavy atom. The molecule has 1 heterocycles. The van der Waals surface area contributed by atoms with Crippen molar-refractivity contribution >= 4 is 17.9 Å². The summed E-state index contributed by atoms with van der Waals surface area (Å²) in [6.45, 7) is 3.72. The number of unbranched alkanes of at least 4 members (excludes halogenated alkanes) is 24. The number of ether oxygens (including phenoxy) is 4. The maximum Gasteiger partial charge on any atom is 0.335 e. The molecule has 1 aliphatic rings. The fourth-order valence-corrected chi connectivity index (χ4v) is 7.92. The molecular formula is C56H96O11. The Kier molecular flexibility index (Phi) is 41.9. The predicted octanol–water partition coefficient (Wildman–Crippen LogP) is 13.0. The van der Waals surface area contributed by atoms with E-state index in [-0.39, 0.29) is 19.4 Å². The number of aliphatic hydroxyl groups is 3. The molecule has 11 nitrogen and oxygen atoms in total. The van der Waals surface area contributed by atoms with Crippen LogP contribution in [0, 0.1) is 0 Å². The van der Waals surface area contributed by atoms with Crippen molar-refractivity contribution in [2.45, 2.75) is 263 Å². The first-order valence-corrected chi connectivity index (χ1v) is 26.8. The van der Waals surface area contributed by atoms with E-state index >= 15 is 0 Å². The van der Waals surface area contributed by atoms with Gasteiger partial charge in [-0.3, -0.25) is 9.59 Å². The first-order valence-electron chi connectivity index (χ1n) is 26.8. The number of allylic oxidation sites excluding steroid dienone is 10. The summed E-state index contributed by atoms with van der Waals surface area (Å²) < 4.78 is 21.8. The van der Waals surface area contributed by atoms with Crippen molar-refractivity contribution in [3.8, 4) is 0 Å². The molecule has 0 saturated carbocycles. The van der Waals surface area contributed by atoms with Crippen LogP contribution in [0.3, 0.4) is 0 Å². The molecule has 0 amide bonds. The van der Waals surface area contributed by atoms with Crippen molar-refractivity contribution in [1.82, 2.24) is 0 Å². The van der Waals surface area contributed by atoms with Crippen LogP contribution in [0.4, 0.5) is 0 Å². The number of aliphatic carboxylic acids is 1. The van der Waals surface area contributed by atoms with Crippen molar-refractivity contribution < 1.29 is 53.8 Å². The van der Waals surface area contributed by atoms with Crippen LogP contribution < -0.4 is 0 Å². The minimum Gasteiger partial charge on any atom is -0.479 e. The quantitative estimate of drug-likeness (QED) is 0.0260. The number of hydrogen-bond acceptors (Lipinski definition) is 10. The van der Waals surface area contributed by atoms with Crippen LogP contribution in [0.1, 0.15) is 226 Å². The zero-order chi connectivity index (χ0) is 48.8. The van der Waals surface area contributed by atoms with Gasteiger partial charge in [-0.15, -0.1) is 0 Å². The number of hydrogen-bond donors (Lipinski definition) is 4. The van der Waals surface area contributed by atoms with Crippen LogP contribution in [0.2, 0.25) is 0 Å². The second kappa shape index (κ2) is 45.4. The lowest BCUT2D eigenvalue weighted by Gasteiger charge is -2.38. The SMILES string of the molecule is CC/C=C\C/C=C\C/C=C\C/C=C\CCCCCCCCCCCCC(=O)OCC(COC1OC(C(=O)O)C(O)C(O)C1O)OC(=O)CCCCCCCCC/C=C\CCCCCCCCC. The lowest BCUT2D eigenvalue weighted by Crippen LogP contribution is -2.60. The van der Waals surface area contributed by atoms with Crippen LogP contribution >= 0.6 is 0 Å². The van der Waals surface area contributed by atoms with Crippen LogP contribution in [0.15, 0.2) is 60.8 Å². The Hall–Kier alpha value is -3.09. The average Bonchev–Trinajstić information content (AvgIpc) is 3.31. The van der Waals surface area contributed by atoms with E-state index in [4.69, 9.17) is 18.9 Å². The van der Waals surface area contributed by atoms with Gasteiger partial charge in [0.25, 0.3) is 0 Å². The molecule has 0 radical (unpaired) electrons. The van der Waals surface area contributed by atoms with Gasteiger partial charge in [-0.1, -0.05) is 197 Å². The second-order valence-corrected chi connectivity index (χ2v) is 18.3. The minimum atomic E-state index is -1.86. The normalized spacial score (nSPS) is 19.4. The molecule has 1 saturated heterocycles. The highest BCUT2D eigenvalue weighted by Crippen LogP contribution is 2.23. The second-order valence-electron chi connectivity index (χ2n) is 18.3. The van der Waals surface area contributed by atoms with E-state index in [0.717, 1.165) is 77.0 Å². The summed E-state index contributed by atoms with van der Waals surface area (Å²) in [7, 11) is 0. The van der Waals surface area contributed by atoms with Gasteiger partial charge in [-0.05, 0) is 77.0 Å². The zero-order valence-corrected chi connectivity index (χ0v) is 42.1. The Morgan fingerprint density at radius 3 is 1.34 bits per heavy atom. The first-order chi connectivity index (χ1) is 32.7. The molecule has 4 N–H and O–H groups in total. The van der Waals surface area contributed by atoms with E-state index in [2.05, 4.69) is 74.6 Å². The van der Waals surface area contributed by atoms with E-state index in [1.54, 1.807) is 0 Å². The molecule has 386 valence electrons. The number of carbonyl (C=O) groups is 3. The average molecular weight is 945 g/mol. The highest BCUT2D eigenvalue weighted by Gasteiger charge is 2.47. The van der Waals surface area contributed by atoms with Crippen LogP contribution in [0.5, 0.6) is 0 Å². The van der Waals surface area contributed by atoms with Crippen molar-refractivity contribution in [2.24, 2.45) is 0 Å². The maximum absolute atomic E-state index is 12.8. The van der Waals surface area contributed by atoms with Gasteiger partial charge in [-0.25, -0.2) is 4.79 Å². The van der Waals surface area contributed by atoms with Gasteiger partial charge in [0.1, 0.15) is 24.9 Å². The lowest BCUT2D eigenvalue weighted by molar-refractivity contribution is -0.298. The molecule has 0 spiro atoms. The van der Waals surface area contributed by atoms with Gasteiger partial charge in [-0.2, -0.15) is 0 Å². The Bertz CT molecular complexity index is 1340. The smallest absolute Gasteiger partial charge is 0.335 e. The zero-order valence-electron chi connectivity index (χ0n) is 42.1. The molecule has 0 aliphatic carbocycles. The highest BCUT2D eigenvalue weighted by molar-refractivity contribution is 5.73. The summed E-state index contributed by atoms with van der Waals surface area (Å²) in [5.74, 6) is -2.45. The Labute approximate surface area is 406 Å². The fraction of sp³-hybridized carbons (Fsp3) is 0.768. The third-order valence-corrected chi connectivity index (χ3v) is 12.1. The summed E-state index contributed by atoms with van der Waals surface area (Å²) in [5, 5.41) is 40.0. The van der Waals surface area contributed by atoms with Crippen molar-refractivity contribution in [2.75, 3.05) is 13.2 Å². The van der Waals surface area contributed by atoms with E-state index < -0.39 is 61.3 Å². The predicted molar refractivity (Wildman–Crippen MR) is 271 cm³/mol. The number of carbonyl (C=O) groups excluding carboxylic acids is 2. The van der Waals surface area contributed by atoms with Gasteiger partial charge in [0.05, 0.1) is 6.61 Å². The summed E-state index contributed by atoms with van der Waals surface area (Å²) in [5.41, 5.74) is 0. The Balaban J connectivity index is 2.28. The third-order valence-electron chi connectivity index (χ3n) is 12.1. The molecule has 1 rings (SSSR count). The monoisotopic (exact) mass is 945 g/mol. The molecule has 0 aromatic heterocycles. The van der Waals surface area contributed by atoms with Crippen molar-refractivity contribution in [3.05, 3.63) is 60.8 Å². The molecular weight excluding hydrogens is 849 g/mol. The standard InChI is InChI=1S/C56H96O11/c1-3-5-7-9-11-13-15-17-19-21-23-24-25-26-27-29-30-32-34-36-38-40-42-44-49(57)64-46-48(47-65-56-53(61)51(59)52(60)54(67-56)55(62)63)66-50(58)45-43-41-39-37-35-33-31-28-22-20-18-16-14-12-10-8-6-4-2/h5,7,11,13,17,19-20,22-24,48,51-54,56,59-61H,3-4,6,8-10,12,14-16,18,21,25-47H2,1-2H3,(H,62,63)/b7-5-,13-11-,19-17-,22-20-,24-23-. The summed E-state index contributed by atoms with van der Waals surface area (Å²) in [6, 6.07) is 0. The molecule has 6 atom stereocenters. The molecule has 11 heteroatoms. The molecule has 0 aromatic carbocycles. The molecule has 67 heavy (non-hydrogen) atoms. The highest BCUT2D eigenvalue weighted by atomic mass is 16.7. The van der Waals surface area contributed by atoms with Crippen LogP contribution in [-0.4, -0.2) is 88.4 Å². The van der Waals surface area contributed by atoms with Crippen molar-refractivity contribution in [1.29, 1.82) is 0 Å². The number of rotatable bonds is 45. The summed E-state index contributed by atoms with van der Waals surface area (Å²) >= 11 is 0. The molecule has 1 aliphatic heterocycles. The molecule has 6 unspecified atom stereocenters. The third kappa shape index (κ3) is 36.6. The van der Waals surface area contributed by atoms with Crippen LogP contribution in [-0.2, 0) is 33.3 Å². The number of carboxylic acid groups (broad SMARTS) is 1. The van der Waals surface area contributed by atoms with Gasteiger partial charge in [0.2, 0.25) is 0 Å². The fourth-order valence-electron chi connectivity index (χ4n) is 7.92. The molecule has 0 aromatic rings. The Morgan fingerprint density at radius 1 is 0.478 bits per heavy atom.